The number of rotatable bonds is 1. The molecule has 1 atom stereocenters. The number of amides is 1. The summed E-state index contributed by atoms with van der Waals surface area (Å²) in [4.78, 5) is 16.7. The lowest BCUT2D eigenvalue weighted by Gasteiger charge is -2.05. The fourth-order valence-corrected chi connectivity index (χ4v) is 2.58. The molecule has 13 heavy (non-hydrogen) atoms. The lowest BCUT2D eigenvalue weighted by molar-refractivity contribution is -0.122. The Kier molecular flexibility index (Phi) is 1.95. The lowest BCUT2D eigenvalue weighted by Crippen LogP contribution is -2.24. The van der Waals surface area contributed by atoms with E-state index in [4.69, 9.17) is 5.73 Å². The number of nitrogens with zero attached hydrogens (tertiary/aromatic N) is 1. The van der Waals surface area contributed by atoms with Crippen molar-refractivity contribution in [2.45, 2.75) is 18.8 Å². The maximum absolute atomic E-state index is 11.4. The van der Waals surface area contributed by atoms with Crippen LogP contribution in [0.1, 0.15) is 22.9 Å². The zero-order chi connectivity index (χ0) is 9.42. The second kappa shape index (κ2) is 2.99. The molecule has 0 aromatic carbocycles. The highest BCUT2D eigenvalue weighted by Crippen LogP contribution is 2.37. The molecule has 1 aromatic heterocycles. The van der Waals surface area contributed by atoms with Crippen LogP contribution >= 0.6 is 11.3 Å². The minimum atomic E-state index is -0.0754. The first-order valence-corrected chi connectivity index (χ1v) is 5.00. The van der Waals surface area contributed by atoms with Gasteiger partial charge in [-0.05, 0) is 12.8 Å². The standard InChI is InChI=1S/C8H11N3OS/c1-10-7(12)4-2-3-5-6(4)11-8(9)13-5/h4H,2-3H2,1H3,(H2,9,11)(H,10,12). The third-order valence-corrected chi connectivity index (χ3v) is 3.26. The molecule has 1 aliphatic carbocycles. The monoisotopic (exact) mass is 197 g/mol. The van der Waals surface area contributed by atoms with Gasteiger partial charge in [-0.3, -0.25) is 4.79 Å². The number of fused-ring (bicyclic) bond motifs is 1. The number of aromatic nitrogens is 1. The molecule has 1 unspecified atom stereocenters. The highest BCUT2D eigenvalue weighted by Gasteiger charge is 2.31. The second-order valence-electron chi connectivity index (χ2n) is 3.07. The van der Waals surface area contributed by atoms with Crippen LogP contribution in [-0.4, -0.2) is 17.9 Å². The molecule has 1 aliphatic rings. The molecular formula is C8H11N3OS. The maximum atomic E-state index is 11.4. The van der Waals surface area contributed by atoms with E-state index in [1.54, 1.807) is 7.05 Å². The van der Waals surface area contributed by atoms with Gasteiger partial charge in [-0.25, -0.2) is 4.98 Å². The Hall–Kier alpha value is -1.10. The largest absolute Gasteiger partial charge is 0.375 e. The molecule has 5 heteroatoms. The molecule has 0 saturated heterocycles. The number of hydrogen-bond acceptors (Lipinski definition) is 4. The van der Waals surface area contributed by atoms with Crippen LogP contribution in [0.4, 0.5) is 5.13 Å². The normalized spacial score (nSPS) is 19.9. The summed E-state index contributed by atoms with van der Waals surface area (Å²) in [5, 5.41) is 3.21. The van der Waals surface area contributed by atoms with E-state index < -0.39 is 0 Å². The third kappa shape index (κ3) is 1.29. The van der Waals surface area contributed by atoms with Crippen LogP contribution in [0.5, 0.6) is 0 Å². The van der Waals surface area contributed by atoms with Crippen LogP contribution in [0.15, 0.2) is 0 Å². The molecule has 0 bridgehead atoms. The number of hydrogen-bond donors (Lipinski definition) is 2. The molecule has 4 nitrogen and oxygen atoms in total. The molecule has 0 aliphatic heterocycles. The van der Waals surface area contributed by atoms with E-state index in [1.807, 2.05) is 0 Å². The summed E-state index contributed by atoms with van der Waals surface area (Å²) in [6.07, 6.45) is 1.80. The van der Waals surface area contributed by atoms with Gasteiger partial charge in [0, 0.05) is 11.9 Å². The van der Waals surface area contributed by atoms with Gasteiger partial charge in [-0.1, -0.05) is 0 Å². The van der Waals surface area contributed by atoms with Crippen molar-refractivity contribution in [3.8, 4) is 0 Å². The van der Waals surface area contributed by atoms with Gasteiger partial charge in [0.2, 0.25) is 5.91 Å². The Balaban J connectivity index is 2.32. The van der Waals surface area contributed by atoms with E-state index >= 15 is 0 Å². The molecule has 1 heterocycles. The Morgan fingerprint density at radius 3 is 3.23 bits per heavy atom. The van der Waals surface area contributed by atoms with Crippen LogP contribution in [0.3, 0.4) is 0 Å². The van der Waals surface area contributed by atoms with Crippen molar-refractivity contribution in [2.24, 2.45) is 0 Å². The van der Waals surface area contributed by atoms with E-state index in [2.05, 4.69) is 10.3 Å². The number of thiazole rings is 1. The first-order valence-electron chi connectivity index (χ1n) is 4.19. The molecule has 0 saturated carbocycles. The zero-order valence-electron chi connectivity index (χ0n) is 7.33. The Labute approximate surface area is 80.2 Å². The Morgan fingerprint density at radius 1 is 1.77 bits per heavy atom. The van der Waals surface area contributed by atoms with Crippen molar-refractivity contribution in [3.05, 3.63) is 10.6 Å². The van der Waals surface area contributed by atoms with Crippen LogP contribution < -0.4 is 11.1 Å². The predicted molar refractivity (Wildman–Crippen MR) is 51.7 cm³/mol. The molecule has 1 aromatic rings. The van der Waals surface area contributed by atoms with E-state index in [-0.39, 0.29) is 11.8 Å². The van der Waals surface area contributed by atoms with E-state index in [9.17, 15) is 4.79 Å². The van der Waals surface area contributed by atoms with Crippen LogP contribution in [-0.2, 0) is 11.2 Å². The molecule has 70 valence electrons. The summed E-state index contributed by atoms with van der Waals surface area (Å²) in [6, 6.07) is 0. The number of carbonyl (C=O) groups excluding carboxylic acids is 1. The minimum Gasteiger partial charge on any atom is -0.375 e. The van der Waals surface area contributed by atoms with Gasteiger partial charge in [-0.15, -0.1) is 11.3 Å². The average molecular weight is 197 g/mol. The van der Waals surface area contributed by atoms with Gasteiger partial charge in [0.15, 0.2) is 5.13 Å². The van der Waals surface area contributed by atoms with Gasteiger partial charge < -0.3 is 11.1 Å². The van der Waals surface area contributed by atoms with Crippen LogP contribution in [0.2, 0.25) is 0 Å². The van der Waals surface area contributed by atoms with Gasteiger partial charge in [0.1, 0.15) is 0 Å². The molecule has 0 fully saturated rings. The first kappa shape index (κ1) is 8.50. The number of anilines is 1. The lowest BCUT2D eigenvalue weighted by atomic mass is 10.1. The molecule has 0 radical (unpaired) electrons. The van der Waals surface area contributed by atoms with Crippen LogP contribution in [0, 0.1) is 0 Å². The summed E-state index contributed by atoms with van der Waals surface area (Å²) in [6.45, 7) is 0. The van der Waals surface area contributed by atoms with E-state index in [1.165, 1.54) is 16.2 Å². The number of aryl methyl sites for hydroxylation is 1. The Morgan fingerprint density at radius 2 is 2.54 bits per heavy atom. The number of nitrogens with two attached hydrogens (primary N) is 1. The average Bonchev–Trinajstić information content (AvgIpc) is 2.61. The SMILES string of the molecule is CNC(=O)C1CCc2sc(N)nc21. The van der Waals surface area contributed by atoms with Crippen molar-refractivity contribution in [2.75, 3.05) is 12.8 Å². The molecule has 3 N–H and O–H groups in total. The number of likely N-dealkylation sites (N-methyl/N-ethyl adjacent to an activating group) is 1. The van der Waals surface area contributed by atoms with Crippen molar-refractivity contribution in [3.63, 3.8) is 0 Å². The van der Waals surface area contributed by atoms with Crippen molar-refractivity contribution in [1.82, 2.24) is 10.3 Å². The summed E-state index contributed by atoms with van der Waals surface area (Å²) in [5.74, 6) is -0.0300. The minimum absolute atomic E-state index is 0.0454. The first-order chi connectivity index (χ1) is 6.22. The highest BCUT2D eigenvalue weighted by molar-refractivity contribution is 7.15. The third-order valence-electron chi connectivity index (χ3n) is 2.30. The number of nitrogens with one attached hydrogen (secondary N) is 1. The summed E-state index contributed by atoms with van der Waals surface area (Å²) in [7, 11) is 1.65. The van der Waals surface area contributed by atoms with Crippen molar-refractivity contribution < 1.29 is 4.79 Å². The highest BCUT2D eigenvalue weighted by atomic mass is 32.1. The van der Waals surface area contributed by atoms with Gasteiger partial charge in [-0.2, -0.15) is 0 Å². The fraction of sp³-hybridized carbons (Fsp3) is 0.500. The van der Waals surface area contributed by atoms with Gasteiger partial charge in [0.05, 0.1) is 11.6 Å². The fourth-order valence-electron chi connectivity index (χ4n) is 1.68. The Bertz CT molecular complexity index is 347. The zero-order valence-corrected chi connectivity index (χ0v) is 8.15. The van der Waals surface area contributed by atoms with Crippen molar-refractivity contribution >= 4 is 22.4 Å². The molecule has 2 rings (SSSR count). The van der Waals surface area contributed by atoms with E-state index in [0.717, 1.165) is 18.5 Å². The summed E-state index contributed by atoms with van der Waals surface area (Å²) >= 11 is 1.50. The summed E-state index contributed by atoms with van der Waals surface area (Å²) < 4.78 is 0. The van der Waals surface area contributed by atoms with Gasteiger partial charge in [0.25, 0.3) is 0 Å². The molecule has 0 spiro atoms. The quantitative estimate of drug-likeness (QED) is 0.689. The second-order valence-corrected chi connectivity index (χ2v) is 4.18. The predicted octanol–water partition coefficient (Wildman–Crippen LogP) is 0.501. The molecular weight excluding hydrogens is 186 g/mol. The molecule has 1 amide bonds. The van der Waals surface area contributed by atoms with Gasteiger partial charge >= 0.3 is 0 Å². The topological polar surface area (TPSA) is 68.0 Å². The summed E-state index contributed by atoms with van der Waals surface area (Å²) in [5.41, 5.74) is 6.46. The van der Waals surface area contributed by atoms with Crippen LogP contribution in [0.25, 0.3) is 0 Å². The van der Waals surface area contributed by atoms with E-state index in [0.29, 0.717) is 5.13 Å². The number of nitrogen functional groups attached to an aromatic ring is 1. The maximum Gasteiger partial charge on any atom is 0.228 e. The van der Waals surface area contributed by atoms with Crippen molar-refractivity contribution in [1.29, 1.82) is 0 Å². The smallest absolute Gasteiger partial charge is 0.228 e. The number of carbonyl (C=O) groups is 1.